The van der Waals surface area contributed by atoms with Crippen molar-refractivity contribution in [3.8, 4) is 5.75 Å². The second-order valence-electron chi connectivity index (χ2n) is 3.35. The zero-order chi connectivity index (χ0) is 11.5. The number of hydrogen-bond donors (Lipinski definition) is 1. The predicted octanol–water partition coefficient (Wildman–Crippen LogP) is 3.27. The number of nitrogens with two attached hydrogens (primary N) is 1. The minimum Gasteiger partial charge on any atom is -0.484 e. The van der Waals surface area contributed by atoms with Crippen molar-refractivity contribution in [1.82, 2.24) is 4.98 Å². The fourth-order valence-corrected chi connectivity index (χ4v) is 2.09. The average molecular weight is 255 g/mol. The van der Waals surface area contributed by atoms with E-state index < -0.39 is 0 Å². The number of nitrogen functional groups attached to an aromatic ring is 1. The van der Waals surface area contributed by atoms with Crippen LogP contribution in [0, 0.1) is 6.92 Å². The van der Waals surface area contributed by atoms with Gasteiger partial charge < -0.3 is 10.5 Å². The first kappa shape index (κ1) is 11.2. The van der Waals surface area contributed by atoms with Crippen molar-refractivity contribution in [2.75, 3.05) is 5.73 Å². The van der Waals surface area contributed by atoms with E-state index in [4.69, 9.17) is 22.1 Å². The van der Waals surface area contributed by atoms with E-state index in [9.17, 15) is 0 Å². The number of rotatable bonds is 3. The quantitative estimate of drug-likeness (QED) is 0.856. The minimum atomic E-state index is 0.420. The van der Waals surface area contributed by atoms with Crippen LogP contribution in [-0.2, 0) is 6.61 Å². The molecule has 16 heavy (non-hydrogen) atoms. The first-order chi connectivity index (χ1) is 7.65. The third-order valence-corrected chi connectivity index (χ3v) is 3.17. The molecule has 2 aromatic rings. The Morgan fingerprint density at radius 2 is 2.31 bits per heavy atom. The molecular weight excluding hydrogens is 244 g/mol. The van der Waals surface area contributed by atoms with Gasteiger partial charge in [-0.2, -0.15) is 0 Å². The number of nitrogens with zero attached hydrogens (tertiary/aromatic N) is 1. The van der Waals surface area contributed by atoms with Gasteiger partial charge in [-0.1, -0.05) is 11.6 Å². The highest BCUT2D eigenvalue weighted by Gasteiger charge is 2.04. The molecule has 0 atom stereocenters. The zero-order valence-electron chi connectivity index (χ0n) is 8.74. The van der Waals surface area contributed by atoms with Crippen LogP contribution in [0.1, 0.15) is 10.7 Å². The molecule has 0 aliphatic heterocycles. The Morgan fingerprint density at radius 3 is 3.00 bits per heavy atom. The Labute approximate surface area is 103 Å². The molecule has 0 aliphatic carbocycles. The number of halogens is 1. The van der Waals surface area contributed by atoms with Crippen molar-refractivity contribution in [1.29, 1.82) is 0 Å². The molecule has 0 bridgehead atoms. The van der Waals surface area contributed by atoms with E-state index in [0.29, 0.717) is 23.1 Å². The summed E-state index contributed by atoms with van der Waals surface area (Å²) in [5.41, 5.74) is 7.34. The number of benzene rings is 1. The number of hydrogen-bond acceptors (Lipinski definition) is 4. The van der Waals surface area contributed by atoms with Crippen LogP contribution >= 0.6 is 22.9 Å². The molecule has 2 N–H and O–H groups in total. The minimum absolute atomic E-state index is 0.420. The van der Waals surface area contributed by atoms with Crippen molar-refractivity contribution in [3.05, 3.63) is 39.3 Å². The van der Waals surface area contributed by atoms with E-state index in [0.717, 1.165) is 10.7 Å². The van der Waals surface area contributed by atoms with Gasteiger partial charge in [0.1, 0.15) is 17.4 Å². The number of aromatic nitrogens is 1. The average Bonchev–Trinajstić information content (AvgIpc) is 2.66. The topological polar surface area (TPSA) is 48.1 Å². The molecule has 0 saturated heterocycles. The fourth-order valence-electron chi connectivity index (χ4n) is 1.24. The number of thiazole rings is 1. The molecule has 0 radical (unpaired) electrons. The molecule has 3 nitrogen and oxygen atoms in total. The summed E-state index contributed by atoms with van der Waals surface area (Å²) in [6.07, 6.45) is 0. The third kappa shape index (κ3) is 2.65. The summed E-state index contributed by atoms with van der Waals surface area (Å²) >= 11 is 7.42. The Bertz CT molecular complexity index is 498. The molecule has 2 rings (SSSR count). The van der Waals surface area contributed by atoms with Crippen LogP contribution in [0.25, 0.3) is 0 Å². The van der Waals surface area contributed by atoms with Gasteiger partial charge in [0, 0.05) is 22.2 Å². The lowest BCUT2D eigenvalue weighted by Crippen LogP contribution is -1.98. The zero-order valence-corrected chi connectivity index (χ0v) is 10.3. The summed E-state index contributed by atoms with van der Waals surface area (Å²) in [7, 11) is 0. The lowest BCUT2D eigenvalue weighted by Gasteiger charge is -2.07. The number of ether oxygens (including phenoxy) is 1. The van der Waals surface area contributed by atoms with E-state index in [1.165, 1.54) is 0 Å². The van der Waals surface area contributed by atoms with E-state index in [2.05, 4.69) is 4.98 Å². The standard InChI is InChI=1S/C11H11ClN2OS/c1-7-6-16-11(14-7)5-15-10-4-8(12)2-3-9(10)13/h2-4,6H,5,13H2,1H3. The van der Waals surface area contributed by atoms with Crippen LogP contribution in [0.15, 0.2) is 23.6 Å². The van der Waals surface area contributed by atoms with Crippen molar-refractivity contribution >= 4 is 28.6 Å². The Morgan fingerprint density at radius 1 is 1.50 bits per heavy atom. The second-order valence-corrected chi connectivity index (χ2v) is 4.73. The summed E-state index contributed by atoms with van der Waals surface area (Å²) in [4.78, 5) is 4.30. The van der Waals surface area contributed by atoms with Crippen LogP contribution in [0.4, 0.5) is 5.69 Å². The molecule has 1 heterocycles. The van der Waals surface area contributed by atoms with Gasteiger partial charge in [-0.25, -0.2) is 4.98 Å². The van der Waals surface area contributed by atoms with Crippen LogP contribution in [0.3, 0.4) is 0 Å². The van der Waals surface area contributed by atoms with E-state index in [1.807, 2.05) is 12.3 Å². The Balaban J connectivity index is 2.07. The Kier molecular flexibility index (Phi) is 3.31. The maximum Gasteiger partial charge on any atom is 0.144 e. The molecule has 0 saturated carbocycles. The normalized spacial score (nSPS) is 10.4. The van der Waals surface area contributed by atoms with Crippen molar-refractivity contribution in [2.45, 2.75) is 13.5 Å². The molecule has 84 valence electrons. The molecule has 0 fully saturated rings. The molecular formula is C11H11ClN2OS. The van der Waals surface area contributed by atoms with E-state index in [1.54, 1.807) is 29.5 Å². The van der Waals surface area contributed by atoms with Crippen molar-refractivity contribution < 1.29 is 4.74 Å². The Hall–Kier alpha value is -1.26. The maximum atomic E-state index is 5.85. The van der Waals surface area contributed by atoms with Crippen LogP contribution in [0.5, 0.6) is 5.75 Å². The second kappa shape index (κ2) is 4.72. The third-order valence-electron chi connectivity index (χ3n) is 1.99. The van der Waals surface area contributed by atoms with Gasteiger partial charge in [0.25, 0.3) is 0 Å². The molecule has 0 aliphatic rings. The number of anilines is 1. The summed E-state index contributed by atoms with van der Waals surface area (Å²) in [5, 5.41) is 3.52. The predicted molar refractivity (Wildman–Crippen MR) is 67.0 cm³/mol. The van der Waals surface area contributed by atoms with Crippen LogP contribution in [0.2, 0.25) is 5.02 Å². The largest absolute Gasteiger partial charge is 0.484 e. The fraction of sp³-hybridized carbons (Fsp3) is 0.182. The van der Waals surface area contributed by atoms with Gasteiger partial charge in [-0.05, 0) is 19.1 Å². The molecule has 1 aromatic carbocycles. The monoisotopic (exact) mass is 254 g/mol. The van der Waals surface area contributed by atoms with E-state index >= 15 is 0 Å². The highest BCUT2D eigenvalue weighted by Crippen LogP contribution is 2.26. The summed E-state index contributed by atoms with van der Waals surface area (Å²) < 4.78 is 5.56. The maximum absolute atomic E-state index is 5.85. The molecule has 0 amide bonds. The highest BCUT2D eigenvalue weighted by atomic mass is 35.5. The summed E-state index contributed by atoms with van der Waals surface area (Å²) in [6.45, 7) is 2.37. The van der Waals surface area contributed by atoms with Gasteiger partial charge >= 0.3 is 0 Å². The van der Waals surface area contributed by atoms with Gasteiger partial charge in [-0.3, -0.25) is 0 Å². The molecule has 0 spiro atoms. The smallest absolute Gasteiger partial charge is 0.144 e. The number of aryl methyl sites for hydroxylation is 1. The lowest BCUT2D eigenvalue weighted by molar-refractivity contribution is 0.307. The summed E-state index contributed by atoms with van der Waals surface area (Å²) in [5.74, 6) is 0.598. The highest BCUT2D eigenvalue weighted by molar-refractivity contribution is 7.09. The van der Waals surface area contributed by atoms with E-state index in [-0.39, 0.29) is 0 Å². The molecule has 1 aromatic heterocycles. The molecule has 5 heteroatoms. The van der Waals surface area contributed by atoms with Crippen molar-refractivity contribution in [2.24, 2.45) is 0 Å². The van der Waals surface area contributed by atoms with Gasteiger partial charge in [0.2, 0.25) is 0 Å². The van der Waals surface area contributed by atoms with Gasteiger partial charge in [0.15, 0.2) is 0 Å². The van der Waals surface area contributed by atoms with Gasteiger partial charge in [0.05, 0.1) is 5.69 Å². The van der Waals surface area contributed by atoms with Crippen LogP contribution < -0.4 is 10.5 Å². The molecule has 0 unspecified atom stereocenters. The van der Waals surface area contributed by atoms with Crippen molar-refractivity contribution in [3.63, 3.8) is 0 Å². The first-order valence-electron chi connectivity index (χ1n) is 4.74. The summed E-state index contributed by atoms with van der Waals surface area (Å²) in [6, 6.07) is 5.17. The van der Waals surface area contributed by atoms with Gasteiger partial charge in [-0.15, -0.1) is 11.3 Å². The first-order valence-corrected chi connectivity index (χ1v) is 6.00. The van der Waals surface area contributed by atoms with Crippen LogP contribution in [-0.4, -0.2) is 4.98 Å². The lowest BCUT2D eigenvalue weighted by atomic mass is 10.3. The SMILES string of the molecule is Cc1csc(COc2cc(Cl)ccc2N)n1.